The monoisotopic (exact) mass is 793 g/mol. The van der Waals surface area contributed by atoms with Crippen molar-refractivity contribution < 1.29 is 0 Å². The zero-order valence-corrected chi connectivity index (χ0v) is 34.6. The minimum atomic E-state index is 0.570. The predicted molar refractivity (Wildman–Crippen MR) is 254 cm³/mol. The van der Waals surface area contributed by atoms with Gasteiger partial charge in [0.2, 0.25) is 0 Å². The van der Waals surface area contributed by atoms with E-state index in [1.807, 2.05) is 97.1 Å². The first-order chi connectivity index (χ1) is 30.4. The molecule has 62 heavy (non-hydrogen) atoms. The molecule has 0 bridgehead atoms. The van der Waals surface area contributed by atoms with Crippen molar-refractivity contribution in [1.82, 2.24) is 14.5 Å². The molecule has 5 nitrogen and oxygen atoms in total. The van der Waals surface area contributed by atoms with Crippen LogP contribution in [-0.4, -0.2) is 14.5 Å². The molecule has 0 radical (unpaired) electrons. The summed E-state index contributed by atoms with van der Waals surface area (Å²) in [5.74, 6) is 0.631. The van der Waals surface area contributed by atoms with Crippen LogP contribution >= 0.6 is 0 Å². The van der Waals surface area contributed by atoms with Gasteiger partial charge in [0, 0.05) is 38.6 Å². The summed E-state index contributed by atoms with van der Waals surface area (Å²) in [6.07, 6.45) is 0. The summed E-state index contributed by atoms with van der Waals surface area (Å²) in [5, 5.41) is 12.2. The lowest BCUT2D eigenvalue weighted by Gasteiger charge is -2.21. The second-order valence-electron chi connectivity index (χ2n) is 15.8. The maximum atomic E-state index is 9.87. The Bertz CT molecular complexity index is 3260. The number of benzene rings is 8. The summed E-state index contributed by atoms with van der Waals surface area (Å²) in [4.78, 5) is 14.1. The van der Waals surface area contributed by atoms with Gasteiger partial charge >= 0.3 is 0 Å². The largest absolute Gasteiger partial charge is 0.308 e. The first kappa shape index (κ1) is 37.9. The summed E-state index contributed by atoms with van der Waals surface area (Å²) in [6, 6.07) is 64.8. The Morgan fingerprint density at radius 2 is 1.05 bits per heavy atom. The number of rotatable bonds is 7. The minimum absolute atomic E-state index is 0.570. The van der Waals surface area contributed by atoms with E-state index >= 15 is 0 Å². The number of hydrogen-bond acceptors (Lipinski definition) is 3. The third kappa shape index (κ3) is 6.79. The lowest BCUT2D eigenvalue weighted by atomic mass is 9.91. The van der Waals surface area contributed by atoms with E-state index < -0.39 is 0 Å². The van der Waals surface area contributed by atoms with Gasteiger partial charge in [-0.2, -0.15) is 5.26 Å². The highest BCUT2D eigenvalue weighted by Gasteiger charge is 2.23. The Morgan fingerprint density at radius 3 is 1.68 bits per heavy atom. The SMILES string of the molecule is [C-]#[N+]c1ccc(-c2cc(-c3cc(-c4ccccc4)nc(-c4ccccc4)n3)cc(-c3ccc(C#N)cc3)c2-n2c3ccccc3c3cc(-c4c(C)cc(C)cc4C)ccc32)cc1. The molecular weight excluding hydrogens is 755 g/mol. The van der Waals surface area contributed by atoms with E-state index in [2.05, 4.69) is 121 Å². The smallest absolute Gasteiger partial charge is 0.187 e. The molecule has 0 unspecified atom stereocenters. The second-order valence-corrected chi connectivity index (χ2v) is 15.8. The molecule has 0 spiro atoms. The second kappa shape index (κ2) is 15.7. The molecule has 5 heteroatoms. The molecule has 2 aromatic heterocycles. The zero-order valence-electron chi connectivity index (χ0n) is 34.6. The first-order valence-electron chi connectivity index (χ1n) is 20.7. The maximum absolute atomic E-state index is 9.87. The molecule has 0 aliphatic rings. The number of nitriles is 1. The van der Waals surface area contributed by atoms with Crippen LogP contribution in [0, 0.1) is 38.7 Å². The van der Waals surface area contributed by atoms with Crippen LogP contribution in [0.3, 0.4) is 0 Å². The fraction of sp³-hybridized carbons (Fsp3) is 0.0526. The van der Waals surface area contributed by atoms with E-state index in [0.717, 1.165) is 77.8 Å². The van der Waals surface area contributed by atoms with E-state index in [1.165, 1.54) is 27.8 Å². The molecule has 8 aromatic carbocycles. The molecule has 2 heterocycles. The maximum Gasteiger partial charge on any atom is 0.187 e. The molecule has 0 aliphatic carbocycles. The molecule has 0 atom stereocenters. The standard InChI is InChI=1S/C57H39N5/c1-36-29-37(2)55(38(3)30-36)44-25-28-54-50(31-44)47-17-11-12-18-53(47)62(54)56-48(40-21-19-39(35-58)20-22-40)32-45(33-49(56)41-23-26-46(59-4)27-24-41)52-34-51(42-13-7-5-8-14-42)60-57(61-52)43-15-9-6-10-16-43/h5-34H,1-3H3. The molecule has 292 valence electrons. The van der Waals surface area contributed by atoms with Crippen molar-refractivity contribution in [1.29, 1.82) is 5.26 Å². The quantitative estimate of drug-likeness (QED) is 0.151. The topological polar surface area (TPSA) is 58.9 Å². The van der Waals surface area contributed by atoms with Crippen LogP contribution in [0.4, 0.5) is 5.69 Å². The number of para-hydroxylation sites is 1. The van der Waals surface area contributed by atoms with Crippen molar-refractivity contribution in [3.63, 3.8) is 0 Å². The van der Waals surface area contributed by atoms with Crippen LogP contribution in [0.25, 0.3) is 99.6 Å². The van der Waals surface area contributed by atoms with Crippen LogP contribution in [0.1, 0.15) is 22.3 Å². The molecule has 0 saturated carbocycles. The van der Waals surface area contributed by atoms with Crippen molar-refractivity contribution in [3.05, 3.63) is 216 Å². The Balaban J connectivity index is 1.31. The predicted octanol–water partition coefficient (Wildman–Crippen LogP) is 14.9. The van der Waals surface area contributed by atoms with Crippen LogP contribution in [-0.2, 0) is 0 Å². The average Bonchev–Trinajstić information content (AvgIpc) is 3.64. The fourth-order valence-electron chi connectivity index (χ4n) is 8.98. The molecule has 0 amide bonds. The van der Waals surface area contributed by atoms with Crippen LogP contribution in [0.2, 0.25) is 0 Å². The van der Waals surface area contributed by atoms with Gasteiger partial charge in [0.05, 0.1) is 46.3 Å². The normalized spacial score (nSPS) is 11.1. The summed E-state index contributed by atoms with van der Waals surface area (Å²) in [5.41, 5.74) is 18.7. The van der Waals surface area contributed by atoms with Gasteiger partial charge < -0.3 is 4.57 Å². The number of nitrogens with zero attached hydrogens (tertiary/aromatic N) is 5. The van der Waals surface area contributed by atoms with Gasteiger partial charge in [-0.3, -0.25) is 0 Å². The Morgan fingerprint density at radius 1 is 0.500 bits per heavy atom. The molecule has 0 N–H and O–H groups in total. The number of aromatic nitrogens is 3. The van der Waals surface area contributed by atoms with E-state index in [0.29, 0.717) is 17.1 Å². The van der Waals surface area contributed by atoms with Crippen LogP contribution in [0.5, 0.6) is 0 Å². The van der Waals surface area contributed by atoms with Crippen LogP contribution < -0.4 is 0 Å². The lowest BCUT2D eigenvalue weighted by Crippen LogP contribution is -2.03. The summed E-state index contributed by atoms with van der Waals surface area (Å²) < 4.78 is 2.39. The molecule has 0 aliphatic heterocycles. The Hall–Kier alpha value is -8.38. The molecule has 10 aromatic rings. The van der Waals surface area contributed by atoms with Crippen molar-refractivity contribution in [2.45, 2.75) is 20.8 Å². The third-order valence-corrected chi connectivity index (χ3v) is 11.7. The Labute approximate surface area is 361 Å². The number of aryl methyl sites for hydroxylation is 3. The van der Waals surface area contributed by atoms with Gasteiger partial charge in [-0.05, 0) is 103 Å². The van der Waals surface area contributed by atoms with Gasteiger partial charge in [-0.15, -0.1) is 0 Å². The third-order valence-electron chi connectivity index (χ3n) is 11.7. The Kier molecular flexibility index (Phi) is 9.56. The van der Waals surface area contributed by atoms with Gasteiger partial charge in [-0.1, -0.05) is 139 Å². The highest BCUT2D eigenvalue weighted by molar-refractivity contribution is 6.12. The van der Waals surface area contributed by atoms with E-state index in [9.17, 15) is 5.26 Å². The highest BCUT2D eigenvalue weighted by Crippen LogP contribution is 2.45. The molecular formula is C57H39N5. The fourth-order valence-corrected chi connectivity index (χ4v) is 8.98. The van der Waals surface area contributed by atoms with Crippen molar-refractivity contribution in [2.24, 2.45) is 0 Å². The van der Waals surface area contributed by atoms with Crippen LogP contribution in [0.15, 0.2) is 182 Å². The van der Waals surface area contributed by atoms with Crippen molar-refractivity contribution in [2.75, 3.05) is 0 Å². The minimum Gasteiger partial charge on any atom is -0.308 e. The summed E-state index contributed by atoms with van der Waals surface area (Å²) in [7, 11) is 0. The van der Waals surface area contributed by atoms with Crippen molar-refractivity contribution >= 4 is 27.5 Å². The van der Waals surface area contributed by atoms with Crippen molar-refractivity contribution in [3.8, 4) is 79.0 Å². The molecule has 0 saturated heterocycles. The van der Waals surface area contributed by atoms with Gasteiger partial charge in [0.15, 0.2) is 11.5 Å². The zero-order chi connectivity index (χ0) is 42.3. The van der Waals surface area contributed by atoms with Gasteiger partial charge in [0.1, 0.15) is 0 Å². The molecule has 10 rings (SSSR count). The highest BCUT2D eigenvalue weighted by atomic mass is 15.0. The van der Waals surface area contributed by atoms with E-state index in [4.69, 9.17) is 16.5 Å². The molecule has 0 fully saturated rings. The first-order valence-corrected chi connectivity index (χ1v) is 20.7. The average molecular weight is 794 g/mol. The lowest BCUT2D eigenvalue weighted by molar-refractivity contribution is 1.17. The summed E-state index contributed by atoms with van der Waals surface area (Å²) >= 11 is 0. The summed E-state index contributed by atoms with van der Waals surface area (Å²) in [6.45, 7) is 14.3. The van der Waals surface area contributed by atoms with Gasteiger partial charge in [0.25, 0.3) is 0 Å². The number of fused-ring (bicyclic) bond motifs is 3. The number of hydrogen-bond donors (Lipinski definition) is 0. The van der Waals surface area contributed by atoms with E-state index in [-0.39, 0.29) is 0 Å². The van der Waals surface area contributed by atoms with E-state index in [1.54, 1.807) is 0 Å². The van der Waals surface area contributed by atoms with Gasteiger partial charge in [-0.25, -0.2) is 14.8 Å².